The Bertz CT molecular complexity index is 337. The van der Waals surface area contributed by atoms with Crippen molar-refractivity contribution in [1.29, 1.82) is 0 Å². The van der Waals surface area contributed by atoms with Crippen LogP contribution in [0, 0.1) is 11.8 Å². The van der Waals surface area contributed by atoms with Gasteiger partial charge in [-0.15, -0.1) is 0 Å². The van der Waals surface area contributed by atoms with Gasteiger partial charge in [-0.2, -0.15) is 0 Å². The predicted octanol–water partition coefficient (Wildman–Crippen LogP) is 4.29. The second-order valence-electron chi connectivity index (χ2n) is 6.11. The van der Waals surface area contributed by atoms with Crippen LogP contribution in [-0.4, -0.2) is 11.7 Å². The molecule has 108 valence electrons. The van der Waals surface area contributed by atoms with E-state index in [2.05, 4.69) is 20.8 Å². The Kier molecular flexibility index (Phi) is 6.93. The van der Waals surface area contributed by atoms with Gasteiger partial charge in [0.05, 0.1) is 0 Å². The topological polar surface area (TPSA) is 46.2 Å². The molecule has 2 heteroatoms. The molecule has 2 rings (SSSR count). The summed E-state index contributed by atoms with van der Waals surface area (Å²) in [5, 5.41) is 8.94. The van der Waals surface area contributed by atoms with Crippen molar-refractivity contribution in [2.24, 2.45) is 17.6 Å². The molecule has 1 aliphatic carbocycles. The van der Waals surface area contributed by atoms with Crippen LogP contribution >= 0.6 is 0 Å². The van der Waals surface area contributed by atoms with Crippen molar-refractivity contribution in [3.8, 4) is 5.75 Å². The molecule has 3 N–H and O–H groups in total. The van der Waals surface area contributed by atoms with Crippen molar-refractivity contribution in [3.63, 3.8) is 0 Å². The number of hydrogen-bond donors (Lipinski definition) is 2. The van der Waals surface area contributed by atoms with Crippen LogP contribution in [0.5, 0.6) is 5.75 Å². The minimum absolute atomic E-state index is 0.337. The molecule has 0 bridgehead atoms. The van der Waals surface area contributed by atoms with E-state index in [0.29, 0.717) is 11.7 Å². The fourth-order valence-corrected chi connectivity index (χ4v) is 2.42. The Hall–Kier alpha value is -1.02. The number of rotatable bonds is 2. The van der Waals surface area contributed by atoms with E-state index in [-0.39, 0.29) is 0 Å². The van der Waals surface area contributed by atoms with Gasteiger partial charge >= 0.3 is 0 Å². The third kappa shape index (κ3) is 6.11. The molecule has 0 heterocycles. The van der Waals surface area contributed by atoms with Crippen molar-refractivity contribution < 1.29 is 5.11 Å². The van der Waals surface area contributed by atoms with Gasteiger partial charge < -0.3 is 10.8 Å². The van der Waals surface area contributed by atoms with Crippen molar-refractivity contribution in [2.75, 3.05) is 6.54 Å². The lowest BCUT2D eigenvalue weighted by Gasteiger charge is -2.24. The maximum absolute atomic E-state index is 8.94. The molecule has 0 aliphatic heterocycles. The lowest BCUT2D eigenvalue weighted by atomic mass is 9.83. The van der Waals surface area contributed by atoms with Crippen LogP contribution in [0.1, 0.15) is 57.9 Å². The normalized spacial score (nSPS) is 22.8. The van der Waals surface area contributed by atoms with E-state index in [4.69, 9.17) is 10.8 Å². The summed E-state index contributed by atoms with van der Waals surface area (Å²) in [6, 6.07) is 7.32. The Balaban J connectivity index is 0.000000191. The first-order valence-corrected chi connectivity index (χ1v) is 7.52. The summed E-state index contributed by atoms with van der Waals surface area (Å²) in [6.45, 7) is 7.51. The molecule has 1 saturated carbocycles. The van der Waals surface area contributed by atoms with Gasteiger partial charge in [0.25, 0.3) is 0 Å². The summed E-state index contributed by atoms with van der Waals surface area (Å²) in [4.78, 5) is 0. The summed E-state index contributed by atoms with van der Waals surface area (Å²) in [6.07, 6.45) is 5.55. The van der Waals surface area contributed by atoms with E-state index in [1.807, 2.05) is 12.1 Å². The van der Waals surface area contributed by atoms with E-state index in [9.17, 15) is 0 Å². The Morgan fingerprint density at radius 1 is 1.11 bits per heavy atom. The molecular formula is C17H29NO. The number of nitrogens with two attached hydrogens (primary N) is 1. The maximum atomic E-state index is 8.94. The SMILES string of the molecule is CC(C)c1ccc(O)cc1.CC1CCC(CN)CC1. The van der Waals surface area contributed by atoms with Crippen LogP contribution < -0.4 is 5.73 Å². The number of benzene rings is 1. The third-order valence-corrected chi connectivity index (χ3v) is 4.03. The first-order chi connectivity index (χ1) is 9.02. The van der Waals surface area contributed by atoms with Gasteiger partial charge in [-0.1, -0.05) is 45.7 Å². The van der Waals surface area contributed by atoms with Crippen molar-refractivity contribution in [3.05, 3.63) is 29.8 Å². The van der Waals surface area contributed by atoms with E-state index < -0.39 is 0 Å². The van der Waals surface area contributed by atoms with Crippen molar-refractivity contribution >= 4 is 0 Å². The van der Waals surface area contributed by atoms with E-state index in [1.165, 1.54) is 31.2 Å². The highest BCUT2D eigenvalue weighted by atomic mass is 16.3. The van der Waals surface area contributed by atoms with E-state index >= 15 is 0 Å². The monoisotopic (exact) mass is 263 g/mol. The Morgan fingerprint density at radius 2 is 1.63 bits per heavy atom. The predicted molar refractivity (Wildman–Crippen MR) is 82.4 cm³/mol. The van der Waals surface area contributed by atoms with Crippen LogP contribution in [0.2, 0.25) is 0 Å². The van der Waals surface area contributed by atoms with Gasteiger partial charge in [0, 0.05) is 0 Å². The average molecular weight is 263 g/mol. The standard InChI is InChI=1S/C9H12O.C8H17N/c1-7(2)8-3-5-9(10)6-4-8;1-7-2-4-8(6-9)5-3-7/h3-7,10H,1-2H3;7-8H,2-6,9H2,1H3. The molecule has 0 amide bonds. The van der Waals surface area contributed by atoms with Gasteiger partial charge in [-0.05, 0) is 54.8 Å². The van der Waals surface area contributed by atoms with Crippen LogP contribution in [-0.2, 0) is 0 Å². The third-order valence-electron chi connectivity index (χ3n) is 4.03. The highest BCUT2D eigenvalue weighted by Crippen LogP contribution is 2.27. The van der Waals surface area contributed by atoms with E-state index in [1.54, 1.807) is 12.1 Å². The average Bonchev–Trinajstić information content (AvgIpc) is 2.41. The molecule has 1 aromatic carbocycles. The van der Waals surface area contributed by atoms with Gasteiger partial charge in [0.2, 0.25) is 0 Å². The molecule has 0 atom stereocenters. The molecule has 0 saturated heterocycles. The summed E-state index contributed by atoms with van der Waals surface area (Å²) >= 11 is 0. The largest absolute Gasteiger partial charge is 0.508 e. The smallest absolute Gasteiger partial charge is 0.115 e. The molecule has 1 aromatic rings. The Morgan fingerprint density at radius 3 is 2.05 bits per heavy atom. The first-order valence-electron chi connectivity index (χ1n) is 7.52. The van der Waals surface area contributed by atoms with Gasteiger partial charge in [-0.25, -0.2) is 0 Å². The lowest BCUT2D eigenvalue weighted by Crippen LogP contribution is -2.20. The summed E-state index contributed by atoms with van der Waals surface area (Å²) in [5.41, 5.74) is 6.81. The molecule has 0 spiro atoms. The number of aromatic hydroxyl groups is 1. The van der Waals surface area contributed by atoms with Gasteiger partial charge in [-0.3, -0.25) is 0 Å². The fraction of sp³-hybridized carbons (Fsp3) is 0.647. The minimum atomic E-state index is 0.337. The Labute approximate surface area is 118 Å². The zero-order chi connectivity index (χ0) is 14.3. The number of phenolic OH excluding ortho intramolecular Hbond substituents is 1. The molecule has 1 aliphatic rings. The van der Waals surface area contributed by atoms with Crippen LogP contribution in [0.3, 0.4) is 0 Å². The zero-order valence-electron chi connectivity index (χ0n) is 12.6. The van der Waals surface area contributed by atoms with Crippen LogP contribution in [0.15, 0.2) is 24.3 Å². The van der Waals surface area contributed by atoms with E-state index in [0.717, 1.165) is 18.4 Å². The molecule has 0 unspecified atom stereocenters. The zero-order valence-corrected chi connectivity index (χ0v) is 12.6. The van der Waals surface area contributed by atoms with Gasteiger partial charge in [0.15, 0.2) is 0 Å². The number of phenols is 1. The molecule has 2 nitrogen and oxygen atoms in total. The lowest BCUT2D eigenvalue weighted by molar-refractivity contribution is 0.296. The second kappa shape index (κ2) is 8.21. The highest BCUT2D eigenvalue weighted by Gasteiger charge is 2.15. The fourth-order valence-electron chi connectivity index (χ4n) is 2.42. The molecule has 0 aromatic heterocycles. The first kappa shape index (κ1) is 16.0. The van der Waals surface area contributed by atoms with Crippen LogP contribution in [0.4, 0.5) is 0 Å². The van der Waals surface area contributed by atoms with Crippen LogP contribution in [0.25, 0.3) is 0 Å². The summed E-state index contributed by atoms with van der Waals surface area (Å²) < 4.78 is 0. The van der Waals surface area contributed by atoms with Crippen molar-refractivity contribution in [2.45, 2.75) is 52.4 Å². The highest BCUT2D eigenvalue weighted by molar-refractivity contribution is 5.27. The summed E-state index contributed by atoms with van der Waals surface area (Å²) in [5.74, 6) is 2.69. The quantitative estimate of drug-likeness (QED) is 0.836. The molecule has 0 radical (unpaired) electrons. The number of hydrogen-bond acceptors (Lipinski definition) is 2. The molecule has 19 heavy (non-hydrogen) atoms. The molecular weight excluding hydrogens is 234 g/mol. The maximum Gasteiger partial charge on any atom is 0.115 e. The van der Waals surface area contributed by atoms with Crippen molar-refractivity contribution in [1.82, 2.24) is 0 Å². The van der Waals surface area contributed by atoms with Gasteiger partial charge in [0.1, 0.15) is 5.75 Å². The second-order valence-corrected chi connectivity index (χ2v) is 6.11. The summed E-state index contributed by atoms with van der Waals surface area (Å²) in [7, 11) is 0. The molecule has 1 fully saturated rings. The minimum Gasteiger partial charge on any atom is -0.508 e.